The van der Waals surface area contributed by atoms with Gasteiger partial charge in [0.25, 0.3) is 0 Å². The van der Waals surface area contributed by atoms with E-state index in [1.54, 1.807) is 0 Å². The molecule has 0 fully saturated rings. The maximum atomic E-state index is 12.8. The van der Waals surface area contributed by atoms with Gasteiger partial charge in [0, 0.05) is 19.3 Å². The Morgan fingerprint density at radius 1 is 0.333 bits per heavy atom. The standard InChI is InChI=1S/C60H102O6/c1-4-7-10-13-16-19-22-25-27-29-30-32-33-35-38-41-44-47-50-53-59(62)65-56-57(55-64-58(61)52-49-46-43-40-37-24-21-18-15-12-9-6-3)66-60(63)54-51-48-45-42-39-36-34-31-28-26-23-20-17-14-11-8-5-2/h9,12,16,18-19,21-22,25-26,28,34,36,42,45,57H,4-8,10-11,13-15,17,20,23-24,27,29-33,35,37-41,43-44,46-56H2,1-3H3/b12-9-,19-16-,21-18-,25-22-,28-26-,36-34-,45-42-. The van der Waals surface area contributed by atoms with Gasteiger partial charge in [0.05, 0.1) is 0 Å². The molecule has 1 atom stereocenters. The van der Waals surface area contributed by atoms with Crippen molar-refractivity contribution in [3.63, 3.8) is 0 Å². The van der Waals surface area contributed by atoms with Gasteiger partial charge in [-0.15, -0.1) is 0 Å². The van der Waals surface area contributed by atoms with Crippen LogP contribution in [-0.4, -0.2) is 37.2 Å². The lowest BCUT2D eigenvalue weighted by atomic mass is 10.1. The van der Waals surface area contributed by atoms with Gasteiger partial charge in [-0.1, -0.05) is 221 Å². The summed E-state index contributed by atoms with van der Waals surface area (Å²) in [4.78, 5) is 38.0. The number of allylic oxidation sites excluding steroid dienone is 14. The molecule has 0 N–H and O–H groups in total. The Balaban J connectivity index is 4.44. The minimum absolute atomic E-state index is 0.103. The summed E-state index contributed by atoms with van der Waals surface area (Å²) in [6.07, 6.45) is 70.1. The van der Waals surface area contributed by atoms with Gasteiger partial charge < -0.3 is 14.2 Å². The maximum Gasteiger partial charge on any atom is 0.306 e. The lowest BCUT2D eigenvalue weighted by Gasteiger charge is -2.18. The summed E-state index contributed by atoms with van der Waals surface area (Å²) in [5.41, 5.74) is 0. The second kappa shape index (κ2) is 54.2. The average molecular weight is 919 g/mol. The van der Waals surface area contributed by atoms with E-state index in [0.29, 0.717) is 19.3 Å². The van der Waals surface area contributed by atoms with Crippen LogP contribution >= 0.6 is 0 Å². The molecular weight excluding hydrogens is 817 g/mol. The number of hydrogen-bond acceptors (Lipinski definition) is 6. The fraction of sp³-hybridized carbons (Fsp3) is 0.717. The van der Waals surface area contributed by atoms with Crippen LogP contribution in [0.1, 0.15) is 258 Å². The number of carbonyl (C=O) groups excluding carboxylic acids is 3. The average Bonchev–Trinajstić information content (AvgIpc) is 3.31. The zero-order valence-corrected chi connectivity index (χ0v) is 43.2. The van der Waals surface area contributed by atoms with Gasteiger partial charge in [0.15, 0.2) is 6.10 Å². The summed E-state index contributed by atoms with van der Waals surface area (Å²) >= 11 is 0. The van der Waals surface area contributed by atoms with Crippen molar-refractivity contribution in [2.75, 3.05) is 13.2 Å². The summed E-state index contributed by atoms with van der Waals surface area (Å²) in [7, 11) is 0. The van der Waals surface area contributed by atoms with Crippen molar-refractivity contribution in [3.8, 4) is 0 Å². The molecule has 0 spiro atoms. The van der Waals surface area contributed by atoms with Crippen molar-refractivity contribution in [1.82, 2.24) is 0 Å². The Bertz CT molecular complexity index is 1290. The molecule has 0 aromatic rings. The molecule has 0 aromatic heterocycles. The molecule has 0 aliphatic heterocycles. The summed E-state index contributed by atoms with van der Waals surface area (Å²) < 4.78 is 16.8. The van der Waals surface area contributed by atoms with E-state index in [4.69, 9.17) is 14.2 Å². The molecule has 6 nitrogen and oxygen atoms in total. The number of ether oxygens (including phenoxy) is 3. The number of rotatable bonds is 49. The van der Waals surface area contributed by atoms with Gasteiger partial charge >= 0.3 is 17.9 Å². The highest BCUT2D eigenvalue weighted by molar-refractivity contribution is 5.71. The first-order valence-corrected chi connectivity index (χ1v) is 27.6. The third-order valence-electron chi connectivity index (χ3n) is 11.6. The van der Waals surface area contributed by atoms with E-state index in [-0.39, 0.29) is 37.5 Å². The molecule has 66 heavy (non-hydrogen) atoms. The summed E-state index contributed by atoms with van der Waals surface area (Å²) in [5, 5.41) is 0. The van der Waals surface area contributed by atoms with Gasteiger partial charge in [0.1, 0.15) is 13.2 Å². The second-order valence-electron chi connectivity index (χ2n) is 18.1. The van der Waals surface area contributed by atoms with Crippen molar-refractivity contribution in [1.29, 1.82) is 0 Å². The van der Waals surface area contributed by atoms with Crippen molar-refractivity contribution in [2.24, 2.45) is 0 Å². The molecule has 0 aliphatic carbocycles. The van der Waals surface area contributed by atoms with Crippen LogP contribution in [0.25, 0.3) is 0 Å². The smallest absolute Gasteiger partial charge is 0.306 e. The number of hydrogen-bond donors (Lipinski definition) is 0. The predicted molar refractivity (Wildman–Crippen MR) is 284 cm³/mol. The van der Waals surface area contributed by atoms with E-state index in [2.05, 4.69) is 106 Å². The fourth-order valence-electron chi connectivity index (χ4n) is 7.49. The normalized spacial score (nSPS) is 12.7. The number of esters is 3. The van der Waals surface area contributed by atoms with Crippen LogP contribution < -0.4 is 0 Å². The molecule has 0 aromatic carbocycles. The highest BCUT2D eigenvalue weighted by atomic mass is 16.6. The molecular formula is C60H102O6. The van der Waals surface area contributed by atoms with Crippen LogP contribution in [0.2, 0.25) is 0 Å². The molecule has 0 aliphatic rings. The van der Waals surface area contributed by atoms with E-state index < -0.39 is 6.10 Å². The molecule has 0 radical (unpaired) electrons. The Kier molecular flexibility index (Phi) is 51.4. The Morgan fingerprint density at radius 2 is 0.652 bits per heavy atom. The highest BCUT2D eigenvalue weighted by Gasteiger charge is 2.19. The summed E-state index contributed by atoms with van der Waals surface area (Å²) in [6.45, 7) is 6.44. The molecule has 6 heteroatoms. The zero-order chi connectivity index (χ0) is 47.9. The molecule has 0 bridgehead atoms. The van der Waals surface area contributed by atoms with Crippen LogP contribution in [-0.2, 0) is 28.6 Å². The van der Waals surface area contributed by atoms with Gasteiger partial charge in [-0.3, -0.25) is 14.4 Å². The monoisotopic (exact) mass is 919 g/mol. The maximum absolute atomic E-state index is 12.8. The molecule has 0 heterocycles. The molecule has 0 saturated carbocycles. The minimum atomic E-state index is -0.810. The van der Waals surface area contributed by atoms with Crippen LogP contribution in [0.15, 0.2) is 85.1 Å². The first-order chi connectivity index (χ1) is 32.5. The second-order valence-corrected chi connectivity index (χ2v) is 18.1. The summed E-state index contributed by atoms with van der Waals surface area (Å²) in [6, 6.07) is 0. The lowest BCUT2D eigenvalue weighted by Crippen LogP contribution is -2.30. The third-order valence-corrected chi connectivity index (χ3v) is 11.6. The summed E-state index contributed by atoms with van der Waals surface area (Å²) in [5.74, 6) is -0.973. The SMILES string of the molecule is CC/C=C\C/C=C\CCCCCCCC(=O)OCC(COC(=O)CCCCCCCCCCCC/C=C\C=C/CCCCC)OC(=O)CCC/C=C\C/C=C\C/C=C\CCCCCCCC. The quantitative estimate of drug-likeness (QED) is 0.0199. The van der Waals surface area contributed by atoms with E-state index in [1.807, 2.05) is 0 Å². The Morgan fingerprint density at radius 3 is 1.09 bits per heavy atom. The first kappa shape index (κ1) is 62.6. The van der Waals surface area contributed by atoms with Crippen LogP contribution in [0, 0.1) is 0 Å². The van der Waals surface area contributed by atoms with E-state index in [0.717, 1.165) is 89.9 Å². The zero-order valence-electron chi connectivity index (χ0n) is 43.2. The number of unbranched alkanes of at least 4 members (excludes halogenated alkanes) is 25. The number of carbonyl (C=O) groups is 3. The van der Waals surface area contributed by atoms with Gasteiger partial charge in [-0.2, -0.15) is 0 Å². The lowest BCUT2D eigenvalue weighted by molar-refractivity contribution is -0.167. The van der Waals surface area contributed by atoms with Crippen LogP contribution in [0.3, 0.4) is 0 Å². The fourth-order valence-corrected chi connectivity index (χ4v) is 7.49. The van der Waals surface area contributed by atoms with E-state index >= 15 is 0 Å². The predicted octanol–water partition coefficient (Wildman–Crippen LogP) is 18.4. The topological polar surface area (TPSA) is 78.9 Å². The third kappa shape index (κ3) is 51.6. The van der Waals surface area contributed by atoms with Crippen LogP contribution in [0.5, 0.6) is 0 Å². The molecule has 0 amide bonds. The van der Waals surface area contributed by atoms with E-state index in [9.17, 15) is 14.4 Å². The first-order valence-electron chi connectivity index (χ1n) is 27.6. The van der Waals surface area contributed by atoms with E-state index in [1.165, 1.54) is 122 Å². The van der Waals surface area contributed by atoms with Gasteiger partial charge in [-0.05, 0) is 103 Å². The molecule has 378 valence electrons. The minimum Gasteiger partial charge on any atom is -0.462 e. The molecule has 0 saturated heterocycles. The Labute approximate surface area is 407 Å². The van der Waals surface area contributed by atoms with Crippen molar-refractivity contribution < 1.29 is 28.6 Å². The van der Waals surface area contributed by atoms with Crippen molar-refractivity contribution in [2.45, 2.75) is 264 Å². The molecule has 1 unspecified atom stereocenters. The van der Waals surface area contributed by atoms with Crippen molar-refractivity contribution >= 4 is 17.9 Å². The van der Waals surface area contributed by atoms with Gasteiger partial charge in [0.2, 0.25) is 0 Å². The van der Waals surface area contributed by atoms with Gasteiger partial charge in [-0.25, -0.2) is 0 Å². The van der Waals surface area contributed by atoms with Crippen LogP contribution in [0.4, 0.5) is 0 Å². The highest BCUT2D eigenvalue weighted by Crippen LogP contribution is 2.14. The van der Waals surface area contributed by atoms with Crippen molar-refractivity contribution in [3.05, 3.63) is 85.1 Å². The largest absolute Gasteiger partial charge is 0.462 e. The Hall–Kier alpha value is -3.41. The molecule has 0 rings (SSSR count).